The minimum Gasteiger partial charge on any atom is -0.457 e. The van der Waals surface area contributed by atoms with Gasteiger partial charge in [0.1, 0.15) is 15.8 Å². The van der Waals surface area contributed by atoms with Crippen molar-refractivity contribution < 1.29 is 14.3 Å². The van der Waals surface area contributed by atoms with Crippen molar-refractivity contribution in [2.24, 2.45) is 0 Å². The van der Waals surface area contributed by atoms with Gasteiger partial charge in [-0.25, -0.2) is 0 Å². The smallest absolute Gasteiger partial charge is 0.266 e. The maximum absolute atomic E-state index is 12.9. The lowest BCUT2D eigenvalue weighted by Gasteiger charge is -2.32. The van der Waals surface area contributed by atoms with Crippen molar-refractivity contribution in [2.45, 2.75) is 37.8 Å². The van der Waals surface area contributed by atoms with Crippen molar-refractivity contribution in [3.63, 3.8) is 0 Å². The number of amides is 1. The second-order valence-electron chi connectivity index (χ2n) is 6.70. The van der Waals surface area contributed by atoms with E-state index in [2.05, 4.69) is 0 Å². The Kier molecular flexibility index (Phi) is 5.41. The highest BCUT2D eigenvalue weighted by Gasteiger charge is 2.38. The number of furan rings is 1. The number of aliphatic hydroxyl groups excluding tert-OH is 1. The molecule has 2 aliphatic rings. The normalized spacial score (nSPS) is 24.8. The zero-order valence-corrected chi connectivity index (χ0v) is 16.8. The Morgan fingerprint density at radius 2 is 1.93 bits per heavy atom. The molecule has 1 saturated heterocycles. The van der Waals surface area contributed by atoms with Gasteiger partial charge in [0.25, 0.3) is 5.91 Å². The maximum atomic E-state index is 12.9. The van der Waals surface area contributed by atoms with Gasteiger partial charge in [-0.1, -0.05) is 47.7 Å². The molecule has 140 valence electrons. The summed E-state index contributed by atoms with van der Waals surface area (Å²) in [5, 5.41) is 10.3. The van der Waals surface area contributed by atoms with Gasteiger partial charge in [0.15, 0.2) is 0 Å². The fourth-order valence-electron chi connectivity index (χ4n) is 3.48. The topological polar surface area (TPSA) is 53.7 Å². The van der Waals surface area contributed by atoms with Crippen LogP contribution in [0.3, 0.4) is 0 Å². The first-order valence-corrected chi connectivity index (χ1v) is 10.4. The molecule has 2 heterocycles. The molecule has 0 radical (unpaired) electrons. The summed E-state index contributed by atoms with van der Waals surface area (Å²) in [5.41, 5.74) is 0.812. The average molecular weight is 420 g/mol. The molecule has 4 rings (SSSR count). The van der Waals surface area contributed by atoms with Crippen LogP contribution in [0.25, 0.3) is 17.4 Å². The fourth-order valence-corrected chi connectivity index (χ4v) is 5.09. The van der Waals surface area contributed by atoms with Gasteiger partial charge in [0.2, 0.25) is 0 Å². The molecule has 0 spiro atoms. The SMILES string of the molecule is O=C1C(=Cc2ccc(-c3ccccc3Cl)o2)SC(=S)N1C1CCC(O)CC1. The minimum absolute atomic E-state index is 0.0714. The zero-order chi connectivity index (χ0) is 19.0. The standard InChI is InChI=1S/C20H18ClNO3S2/c21-16-4-2-1-3-15(16)17-10-9-14(25-17)11-18-19(24)22(20(26)27-18)12-5-7-13(23)8-6-12/h1-4,9-13,23H,5-8H2. The number of thiocarbonyl (C=S) groups is 1. The van der Waals surface area contributed by atoms with E-state index in [9.17, 15) is 9.90 Å². The van der Waals surface area contributed by atoms with Gasteiger partial charge < -0.3 is 9.52 Å². The van der Waals surface area contributed by atoms with Gasteiger partial charge >= 0.3 is 0 Å². The van der Waals surface area contributed by atoms with E-state index in [1.807, 2.05) is 36.4 Å². The van der Waals surface area contributed by atoms with Crippen molar-refractivity contribution in [2.75, 3.05) is 0 Å². The maximum Gasteiger partial charge on any atom is 0.266 e. The van der Waals surface area contributed by atoms with Gasteiger partial charge in [-0.05, 0) is 49.9 Å². The lowest BCUT2D eigenvalue weighted by atomic mass is 9.92. The molecule has 7 heteroatoms. The summed E-state index contributed by atoms with van der Waals surface area (Å²) in [7, 11) is 0. The highest BCUT2D eigenvalue weighted by atomic mass is 35.5. The summed E-state index contributed by atoms with van der Waals surface area (Å²) in [6, 6.07) is 11.2. The van der Waals surface area contributed by atoms with Crippen molar-refractivity contribution in [3.05, 3.63) is 52.1 Å². The number of rotatable bonds is 3. The van der Waals surface area contributed by atoms with Crippen LogP contribution in [0.4, 0.5) is 0 Å². The highest BCUT2D eigenvalue weighted by molar-refractivity contribution is 8.26. The molecule has 1 aromatic carbocycles. The summed E-state index contributed by atoms with van der Waals surface area (Å²) >= 11 is 13.0. The average Bonchev–Trinajstić information content (AvgIpc) is 3.22. The van der Waals surface area contributed by atoms with E-state index in [0.29, 0.717) is 38.6 Å². The van der Waals surface area contributed by atoms with E-state index >= 15 is 0 Å². The third-order valence-corrected chi connectivity index (χ3v) is 6.55. The molecule has 0 atom stereocenters. The largest absolute Gasteiger partial charge is 0.457 e. The van der Waals surface area contributed by atoms with Gasteiger partial charge in [0, 0.05) is 17.7 Å². The van der Waals surface area contributed by atoms with E-state index in [1.54, 1.807) is 11.0 Å². The zero-order valence-electron chi connectivity index (χ0n) is 14.4. The van der Waals surface area contributed by atoms with Crippen LogP contribution in [0, 0.1) is 0 Å². The monoisotopic (exact) mass is 419 g/mol. The fraction of sp³-hybridized carbons (Fsp3) is 0.300. The summed E-state index contributed by atoms with van der Waals surface area (Å²) in [5.74, 6) is 1.16. The van der Waals surface area contributed by atoms with E-state index in [1.165, 1.54) is 11.8 Å². The number of hydrogen-bond donors (Lipinski definition) is 1. The summed E-state index contributed by atoms with van der Waals surface area (Å²) < 4.78 is 6.44. The number of carbonyl (C=O) groups excluding carboxylic acids is 1. The first kappa shape index (κ1) is 18.7. The second-order valence-corrected chi connectivity index (χ2v) is 8.78. The number of benzene rings is 1. The molecule has 1 aromatic heterocycles. The molecular formula is C20H18ClNO3S2. The lowest BCUT2D eigenvalue weighted by Crippen LogP contribution is -2.41. The van der Waals surface area contributed by atoms with Crippen molar-refractivity contribution in [3.8, 4) is 11.3 Å². The number of hydrogen-bond acceptors (Lipinski definition) is 5. The van der Waals surface area contributed by atoms with Crippen LogP contribution in [0.2, 0.25) is 5.02 Å². The number of aliphatic hydroxyl groups is 1. The quantitative estimate of drug-likeness (QED) is 0.553. The molecule has 1 aliphatic heterocycles. The summed E-state index contributed by atoms with van der Waals surface area (Å²) in [4.78, 5) is 15.1. The van der Waals surface area contributed by atoms with Crippen LogP contribution in [0.1, 0.15) is 31.4 Å². The van der Waals surface area contributed by atoms with Crippen LogP contribution in [0.15, 0.2) is 45.7 Å². The predicted molar refractivity (Wildman–Crippen MR) is 112 cm³/mol. The van der Waals surface area contributed by atoms with Crippen molar-refractivity contribution in [1.82, 2.24) is 4.90 Å². The molecule has 2 aromatic rings. The van der Waals surface area contributed by atoms with Crippen molar-refractivity contribution >= 4 is 51.9 Å². The molecule has 1 amide bonds. The highest BCUT2D eigenvalue weighted by Crippen LogP contribution is 2.38. The number of carbonyl (C=O) groups is 1. The number of halogens is 1. The molecule has 0 bridgehead atoms. The van der Waals surface area contributed by atoms with E-state index in [4.69, 9.17) is 28.2 Å². The van der Waals surface area contributed by atoms with Crippen LogP contribution < -0.4 is 0 Å². The van der Waals surface area contributed by atoms with Crippen molar-refractivity contribution in [1.29, 1.82) is 0 Å². The first-order valence-electron chi connectivity index (χ1n) is 8.83. The third-order valence-electron chi connectivity index (χ3n) is 4.89. The molecule has 1 aliphatic carbocycles. The predicted octanol–water partition coefficient (Wildman–Crippen LogP) is 5.10. The molecule has 4 nitrogen and oxygen atoms in total. The molecular weight excluding hydrogens is 402 g/mol. The summed E-state index contributed by atoms with van der Waals surface area (Å²) in [6.07, 6.45) is 4.44. The second kappa shape index (κ2) is 7.80. The number of nitrogens with zero attached hydrogens (tertiary/aromatic N) is 1. The third kappa shape index (κ3) is 3.85. The minimum atomic E-state index is -0.262. The Hall–Kier alpha value is -1.60. The van der Waals surface area contributed by atoms with E-state index < -0.39 is 0 Å². The van der Waals surface area contributed by atoms with E-state index in [-0.39, 0.29) is 18.1 Å². The van der Waals surface area contributed by atoms with Crippen LogP contribution >= 0.6 is 35.6 Å². The molecule has 1 N–H and O–H groups in total. The lowest BCUT2D eigenvalue weighted by molar-refractivity contribution is -0.124. The molecule has 0 unspecified atom stereocenters. The summed E-state index contributed by atoms with van der Waals surface area (Å²) in [6.45, 7) is 0. The van der Waals surface area contributed by atoms with Gasteiger partial charge in [-0.2, -0.15) is 0 Å². The van der Waals surface area contributed by atoms with E-state index in [0.717, 1.165) is 18.4 Å². The Morgan fingerprint density at radius 1 is 1.19 bits per heavy atom. The van der Waals surface area contributed by atoms with Gasteiger partial charge in [-0.3, -0.25) is 9.69 Å². The van der Waals surface area contributed by atoms with Crippen LogP contribution in [-0.4, -0.2) is 32.4 Å². The van der Waals surface area contributed by atoms with Crippen LogP contribution in [-0.2, 0) is 4.79 Å². The van der Waals surface area contributed by atoms with Gasteiger partial charge in [-0.15, -0.1) is 0 Å². The molecule has 2 fully saturated rings. The molecule has 27 heavy (non-hydrogen) atoms. The Labute approximate surface area is 172 Å². The number of thioether (sulfide) groups is 1. The first-order chi connectivity index (χ1) is 13.0. The Balaban J connectivity index is 1.54. The Morgan fingerprint density at radius 3 is 2.67 bits per heavy atom. The van der Waals surface area contributed by atoms with Gasteiger partial charge in [0.05, 0.1) is 16.0 Å². The van der Waals surface area contributed by atoms with Crippen LogP contribution in [0.5, 0.6) is 0 Å². The molecule has 1 saturated carbocycles. The Bertz CT molecular complexity index is 915.